The average Bonchev–Trinajstić information content (AvgIpc) is 2.49. The molecule has 0 unspecified atom stereocenters. The van der Waals surface area contributed by atoms with Gasteiger partial charge in [0.05, 0.1) is 14.9 Å². The van der Waals surface area contributed by atoms with Crippen LogP contribution in [0.25, 0.3) is 0 Å². The van der Waals surface area contributed by atoms with Crippen LogP contribution in [0.4, 0.5) is 11.4 Å². The molecule has 5 nitrogen and oxygen atoms in total. The normalized spacial score (nSPS) is 11.1. The Balaban J connectivity index is 2.23. The Kier molecular flexibility index (Phi) is 5.19. The highest BCUT2D eigenvalue weighted by Crippen LogP contribution is 2.26. The number of amides is 1. The van der Waals surface area contributed by atoms with Gasteiger partial charge in [-0.1, -0.05) is 23.2 Å². The first-order chi connectivity index (χ1) is 10.7. The van der Waals surface area contributed by atoms with Crippen LogP contribution >= 0.6 is 23.2 Å². The summed E-state index contributed by atoms with van der Waals surface area (Å²) < 4.78 is 27.1. The van der Waals surface area contributed by atoms with Crippen molar-refractivity contribution in [3.63, 3.8) is 0 Å². The maximum Gasteiger partial charge on any atom is 0.261 e. The van der Waals surface area contributed by atoms with Gasteiger partial charge in [0, 0.05) is 25.3 Å². The van der Waals surface area contributed by atoms with E-state index in [1.54, 1.807) is 31.3 Å². The fourth-order valence-corrected chi connectivity index (χ4v) is 3.24. The van der Waals surface area contributed by atoms with E-state index < -0.39 is 10.0 Å². The number of rotatable bonds is 4. The third-order valence-electron chi connectivity index (χ3n) is 3.18. The topological polar surface area (TPSA) is 66.5 Å². The Hall–Kier alpha value is -1.76. The first kappa shape index (κ1) is 17.6. The third kappa shape index (κ3) is 4.16. The number of halogens is 2. The predicted molar refractivity (Wildman–Crippen MR) is 92.8 cm³/mol. The highest BCUT2D eigenvalue weighted by Gasteiger charge is 2.16. The van der Waals surface area contributed by atoms with Gasteiger partial charge in [0.2, 0.25) is 5.91 Å². The minimum Gasteiger partial charge on any atom is -0.316 e. The SMILES string of the molecule is CC(=O)N(C)c1ccc(NS(=O)(=O)c2ccc(Cl)c(Cl)c2)cc1. The second kappa shape index (κ2) is 6.78. The van der Waals surface area contributed by atoms with Gasteiger partial charge < -0.3 is 4.90 Å². The van der Waals surface area contributed by atoms with Crippen molar-refractivity contribution in [2.45, 2.75) is 11.8 Å². The van der Waals surface area contributed by atoms with Gasteiger partial charge in [-0.05, 0) is 42.5 Å². The van der Waals surface area contributed by atoms with E-state index in [4.69, 9.17) is 23.2 Å². The van der Waals surface area contributed by atoms with E-state index in [1.165, 1.54) is 30.0 Å². The van der Waals surface area contributed by atoms with Gasteiger partial charge in [0.25, 0.3) is 10.0 Å². The molecule has 23 heavy (non-hydrogen) atoms. The van der Waals surface area contributed by atoms with Gasteiger partial charge in [-0.3, -0.25) is 9.52 Å². The van der Waals surface area contributed by atoms with Crippen molar-refractivity contribution in [1.29, 1.82) is 0 Å². The van der Waals surface area contributed by atoms with Gasteiger partial charge in [-0.2, -0.15) is 0 Å². The van der Waals surface area contributed by atoms with Gasteiger partial charge in [0.1, 0.15) is 0 Å². The fourth-order valence-electron chi connectivity index (χ4n) is 1.79. The van der Waals surface area contributed by atoms with Crippen LogP contribution in [0.3, 0.4) is 0 Å². The molecule has 0 aliphatic heterocycles. The Morgan fingerprint density at radius 3 is 2.17 bits per heavy atom. The lowest BCUT2D eigenvalue weighted by molar-refractivity contribution is -0.116. The summed E-state index contributed by atoms with van der Waals surface area (Å²) in [6.45, 7) is 1.45. The Morgan fingerprint density at radius 2 is 1.65 bits per heavy atom. The summed E-state index contributed by atoms with van der Waals surface area (Å²) in [6.07, 6.45) is 0. The Morgan fingerprint density at radius 1 is 1.04 bits per heavy atom. The molecule has 0 fully saturated rings. The zero-order chi connectivity index (χ0) is 17.2. The van der Waals surface area contributed by atoms with E-state index in [0.717, 1.165) is 0 Å². The fraction of sp³-hybridized carbons (Fsp3) is 0.133. The van der Waals surface area contributed by atoms with E-state index in [2.05, 4.69) is 4.72 Å². The molecule has 0 spiro atoms. The van der Waals surface area contributed by atoms with Crippen molar-refractivity contribution in [3.05, 3.63) is 52.5 Å². The number of nitrogens with one attached hydrogen (secondary N) is 1. The standard InChI is InChI=1S/C15H14Cl2N2O3S/c1-10(20)19(2)12-5-3-11(4-6-12)18-23(21,22)13-7-8-14(16)15(17)9-13/h3-9,18H,1-2H3. The lowest BCUT2D eigenvalue weighted by Crippen LogP contribution is -2.22. The summed E-state index contributed by atoms with van der Waals surface area (Å²) in [7, 11) is -2.14. The van der Waals surface area contributed by atoms with Crippen molar-refractivity contribution >= 4 is 50.5 Å². The molecule has 0 aliphatic carbocycles. The number of sulfonamides is 1. The number of carbonyl (C=O) groups excluding carboxylic acids is 1. The van der Waals surface area contributed by atoms with Crippen LogP contribution in [0.2, 0.25) is 10.0 Å². The predicted octanol–water partition coefficient (Wildman–Crippen LogP) is 3.78. The van der Waals surface area contributed by atoms with Crippen LogP contribution in [-0.4, -0.2) is 21.4 Å². The molecule has 0 radical (unpaired) electrons. The molecule has 1 amide bonds. The van der Waals surface area contributed by atoms with Gasteiger partial charge in [-0.15, -0.1) is 0 Å². The molecule has 122 valence electrons. The Bertz CT molecular complexity index is 836. The first-order valence-electron chi connectivity index (χ1n) is 6.53. The summed E-state index contributed by atoms with van der Waals surface area (Å²) in [4.78, 5) is 12.8. The van der Waals surface area contributed by atoms with Gasteiger partial charge >= 0.3 is 0 Å². The van der Waals surface area contributed by atoms with E-state index in [-0.39, 0.29) is 20.8 Å². The maximum absolute atomic E-state index is 12.3. The molecule has 2 aromatic rings. The first-order valence-corrected chi connectivity index (χ1v) is 8.77. The molecular weight excluding hydrogens is 359 g/mol. The molecule has 0 bridgehead atoms. The van der Waals surface area contributed by atoms with Crippen molar-refractivity contribution in [2.24, 2.45) is 0 Å². The van der Waals surface area contributed by atoms with Gasteiger partial charge in [0.15, 0.2) is 0 Å². The number of hydrogen-bond donors (Lipinski definition) is 1. The smallest absolute Gasteiger partial charge is 0.261 e. The molecule has 2 aromatic carbocycles. The van der Waals surface area contributed by atoms with Crippen LogP contribution in [0.1, 0.15) is 6.92 Å². The molecule has 0 heterocycles. The zero-order valence-corrected chi connectivity index (χ0v) is 14.7. The molecule has 2 rings (SSSR count). The average molecular weight is 373 g/mol. The molecule has 1 N–H and O–H groups in total. The summed E-state index contributed by atoms with van der Waals surface area (Å²) in [5.74, 6) is -0.117. The van der Waals surface area contributed by atoms with Crippen LogP contribution in [0.15, 0.2) is 47.4 Å². The largest absolute Gasteiger partial charge is 0.316 e. The molecule has 0 aromatic heterocycles. The molecule has 0 saturated heterocycles. The van der Waals surface area contributed by atoms with Crippen molar-refractivity contribution < 1.29 is 13.2 Å². The minimum atomic E-state index is -3.78. The van der Waals surface area contributed by atoms with Crippen LogP contribution in [0.5, 0.6) is 0 Å². The van der Waals surface area contributed by atoms with E-state index in [1.807, 2.05) is 0 Å². The molecule has 0 aliphatic rings. The number of anilines is 2. The molecular formula is C15H14Cl2N2O3S. The summed E-state index contributed by atoms with van der Waals surface area (Å²) >= 11 is 11.6. The van der Waals surface area contributed by atoms with E-state index in [9.17, 15) is 13.2 Å². The molecule has 0 atom stereocenters. The highest BCUT2D eigenvalue weighted by atomic mass is 35.5. The quantitative estimate of drug-likeness (QED) is 0.887. The highest BCUT2D eigenvalue weighted by molar-refractivity contribution is 7.92. The zero-order valence-electron chi connectivity index (χ0n) is 12.4. The monoisotopic (exact) mass is 372 g/mol. The second-order valence-corrected chi connectivity index (χ2v) is 7.30. The number of benzene rings is 2. The van der Waals surface area contributed by atoms with Crippen molar-refractivity contribution in [1.82, 2.24) is 0 Å². The summed E-state index contributed by atoms with van der Waals surface area (Å²) in [5, 5.41) is 0.440. The van der Waals surface area contributed by atoms with E-state index in [0.29, 0.717) is 11.4 Å². The molecule has 8 heteroatoms. The lowest BCUT2D eigenvalue weighted by Gasteiger charge is -2.15. The third-order valence-corrected chi connectivity index (χ3v) is 5.30. The van der Waals surface area contributed by atoms with Crippen LogP contribution < -0.4 is 9.62 Å². The Labute approximate surface area is 144 Å². The van der Waals surface area contributed by atoms with Crippen LogP contribution in [0, 0.1) is 0 Å². The summed E-state index contributed by atoms with van der Waals surface area (Å²) in [6, 6.07) is 10.5. The lowest BCUT2D eigenvalue weighted by atomic mass is 10.2. The second-order valence-electron chi connectivity index (χ2n) is 4.81. The van der Waals surface area contributed by atoms with Gasteiger partial charge in [-0.25, -0.2) is 8.42 Å². The number of carbonyl (C=O) groups is 1. The number of nitrogens with zero attached hydrogens (tertiary/aromatic N) is 1. The summed E-state index contributed by atoms with van der Waals surface area (Å²) in [5.41, 5.74) is 1.03. The minimum absolute atomic E-state index is 0.0110. The van der Waals surface area contributed by atoms with Crippen LogP contribution in [-0.2, 0) is 14.8 Å². The number of hydrogen-bond acceptors (Lipinski definition) is 3. The van der Waals surface area contributed by atoms with Crippen molar-refractivity contribution in [3.8, 4) is 0 Å². The van der Waals surface area contributed by atoms with Crippen molar-refractivity contribution in [2.75, 3.05) is 16.7 Å². The maximum atomic E-state index is 12.3. The molecule has 0 saturated carbocycles. The van der Waals surface area contributed by atoms with E-state index >= 15 is 0 Å².